The molecule has 0 radical (unpaired) electrons. The highest BCUT2D eigenvalue weighted by Crippen LogP contribution is 2.22. The molecule has 1 aromatic rings. The Labute approximate surface area is 116 Å². The zero-order valence-electron chi connectivity index (χ0n) is 12.3. The van der Waals surface area contributed by atoms with Crippen molar-refractivity contribution in [2.24, 2.45) is 5.84 Å². The van der Waals surface area contributed by atoms with Gasteiger partial charge in [0.1, 0.15) is 0 Å². The van der Waals surface area contributed by atoms with Gasteiger partial charge in [0.2, 0.25) is 0 Å². The van der Waals surface area contributed by atoms with Gasteiger partial charge in [-0.05, 0) is 33.0 Å². The Bertz CT molecular complexity index is 390. The molecular weight excluding hydrogens is 236 g/mol. The van der Waals surface area contributed by atoms with Crippen LogP contribution in [0.15, 0.2) is 24.3 Å². The predicted molar refractivity (Wildman–Crippen MR) is 79.8 cm³/mol. The maximum absolute atomic E-state index is 5.76. The number of nitrogens with zero attached hydrogens (tertiary/aromatic N) is 2. The van der Waals surface area contributed by atoms with Crippen LogP contribution in [0.5, 0.6) is 0 Å². The minimum absolute atomic E-state index is 0.222. The van der Waals surface area contributed by atoms with E-state index >= 15 is 0 Å². The van der Waals surface area contributed by atoms with Crippen LogP contribution >= 0.6 is 0 Å². The quantitative estimate of drug-likeness (QED) is 0.631. The molecule has 1 aromatic carbocycles. The third-order valence-corrected chi connectivity index (χ3v) is 4.17. The normalized spacial score (nSPS) is 23.5. The van der Waals surface area contributed by atoms with E-state index in [4.69, 9.17) is 5.84 Å². The van der Waals surface area contributed by atoms with Crippen molar-refractivity contribution in [1.82, 2.24) is 15.2 Å². The fourth-order valence-electron chi connectivity index (χ4n) is 2.73. The number of likely N-dealkylation sites (N-methyl/N-ethyl adjacent to an activating group) is 2. The summed E-state index contributed by atoms with van der Waals surface area (Å²) in [7, 11) is 4.40. The van der Waals surface area contributed by atoms with Crippen molar-refractivity contribution in [3.8, 4) is 0 Å². The largest absolute Gasteiger partial charge is 0.304 e. The van der Waals surface area contributed by atoms with Crippen LogP contribution in [0.4, 0.5) is 0 Å². The van der Waals surface area contributed by atoms with Crippen molar-refractivity contribution in [2.45, 2.75) is 25.4 Å². The van der Waals surface area contributed by atoms with E-state index in [2.05, 4.69) is 60.5 Å². The molecule has 0 aromatic heterocycles. The van der Waals surface area contributed by atoms with Gasteiger partial charge in [-0.2, -0.15) is 0 Å². The third-order valence-electron chi connectivity index (χ3n) is 4.17. The summed E-state index contributed by atoms with van der Waals surface area (Å²) in [6.07, 6.45) is 1.04. The minimum atomic E-state index is 0.222. The minimum Gasteiger partial charge on any atom is -0.304 e. The molecule has 19 heavy (non-hydrogen) atoms. The molecule has 1 saturated heterocycles. The Balaban J connectivity index is 2.03. The van der Waals surface area contributed by atoms with Crippen LogP contribution in [0.3, 0.4) is 0 Å². The molecule has 2 unspecified atom stereocenters. The van der Waals surface area contributed by atoms with E-state index in [1.165, 1.54) is 11.1 Å². The van der Waals surface area contributed by atoms with Crippen LogP contribution in [-0.2, 0) is 0 Å². The highest BCUT2D eigenvalue weighted by atomic mass is 15.3. The summed E-state index contributed by atoms with van der Waals surface area (Å²) >= 11 is 0. The molecule has 0 aliphatic carbocycles. The number of piperazine rings is 1. The smallest absolute Gasteiger partial charge is 0.0475 e. The molecule has 2 rings (SSSR count). The summed E-state index contributed by atoms with van der Waals surface area (Å²) in [6.45, 7) is 5.50. The highest BCUT2D eigenvalue weighted by Gasteiger charge is 2.25. The van der Waals surface area contributed by atoms with Gasteiger partial charge < -0.3 is 9.80 Å². The number of nitrogens with one attached hydrogen (secondary N) is 1. The average Bonchev–Trinajstić information content (AvgIpc) is 2.41. The molecule has 1 aliphatic rings. The van der Waals surface area contributed by atoms with Crippen LogP contribution in [-0.4, -0.2) is 49.6 Å². The summed E-state index contributed by atoms with van der Waals surface area (Å²) in [5.74, 6) is 5.76. The Morgan fingerprint density at radius 1 is 1.26 bits per heavy atom. The topological polar surface area (TPSA) is 44.5 Å². The maximum atomic E-state index is 5.76. The number of hydrogen-bond acceptors (Lipinski definition) is 4. The Morgan fingerprint density at radius 3 is 2.58 bits per heavy atom. The number of rotatable bonds is 4. The molecule has 1 aliphatic heterocycles. The van der Waals surface area contributed by atoms with Gasteiger partial charge in [-0.1, -0.05) is 29.8 Å². The summed E-state index contributed by atoms with van der Waals surface area (Å²) in [5, 5.41) is 0. The molecular formula is C15H26N4. The first-order chi connectivity index (χ1) is 9.10. The van der Waals surface area contributed by atoms with Gasteiger partial charge >= 0.3 is 0 Å². The van der Waals surface area contributed by atoms with Crippen molar-refractivity contribution in [1.29, 1.82) is 0 Å². The van der Waals surface area contributed by atoms with Crippen molar-refractivity contribution >= 4 is 0 Å². The number of aryl methyl sites for hydroxylation is 1. The summed E-state index contributed by atoms with van der Waals surface area (Å²) in [5.41, 5.74) is 5.53. The van der Waals surface area contributed by atoms with Crippen LogP contribution < -0.4 is 11.3 Å². The van der Waals surface area contributed by atoms with Crippen LogP contribution in [0.1, 0.15) is 23.6 Å². The fraction of sp³-hybridized carbons (Fsp3) is 0.600. The molecule has 4 nitrogen and oxygen atoms in total. The lowest BCUT2D eigenvalue weighted by Gasteiger charge is -2.39. The number of benzene rings is 1. The van der Waals surface area contributed by atoms with Crippen LogP contribution in [0.25, 0.3) is 0 Å². The first-order valence-electron chi connectivity index (χ1n) is 7.01. The second kappa shape index (κ2) is 6.48. The molecule has 3 N–H and O–H groups in total. The first kappa shape index (κ1) is 14.5. The van der Waals surface area contributed by atoms with Gasteiger partial charge in [0.15, 0.2) is 0 Å². The summed E-state index contributed by atoms with van der Waals surface area (Å²) < 4.78 is 0. The fourth-order valence-corrected chi connectivity index (χ4v) is 2.73. The van der Waals surface area contributed by atoms with Crippen molar-refractivity contribution in [3.05, 3.63) is 35.4 Å². The van der Waals surface area contributed by atoms with Gasteiger partial charge in [0.25, 0.3) is 0 Å². The third kappa shape index (κ3) is 3.76. The van der Waals surface area contributed by atoms with E-state index < -0.39 is 0 Å². The van der Waals surface area contributed by atoms with Crippen molar-refractivity contribution in [2.75, 3.05) is 33.7 Å². The highest BCUT2D eigenvalue weighted by molar-refractivity contribution is 5.24. The molecule has 106 valence electrons. The second-order valence-electron chi connectivity index (χ2n) is 5.76. The van der Waals surface area contributed by atoms with Gasteiger partial charge in [-0.15, -0.1) is 0 Å². The summed E-state index contributed by atoms with van der Waals surface area (Å²) in [6, 6.07) is 9.42. The summed E-state index contributed by atoms with van der Waals surface area (Å²) in [4.78, 5) is 4.84. The van der Waals surface area contributed by atoms with E-state index in [0.29, 0.717) is 6.04 Å². The van der Waals surface area contributed by atoms with E-state index in [0.717, 1.165) is 26.1 Å². The average molecular weight is 262 g/mol. The molecule has 4 heteroatoms. The SMILES string of the molecule is Cc1ccc(C(CC2CN(C)CCN2C)NN)cc1. The number of nitrogens with two attached hydrogens (primary N) is 1. The molecule has 0 saturated carbocycles. The second-order valence-corrected chi connectivity index (χ2v) is 5.76. The maximum Gasteiger partial charge on any atom is 0.0475 e. The molecule has 1 fully saturated rings. The lowest BCUT2D eigenvalue weighted by Crippen LogP contribution is -2.51. The van der Waals surface area contributed by atoms with Crippen LogP contribution in [0, 0.1) is 6.92 Å². The van der Waals surface area contributed by atoms with E-state index in [-0.39, 0.29) is 6.04 Å². The number of hydrazine groups is 1. The number of hydrogen-bond donors (Lipinski definition) is 2. The molecule has 2 atom stereocenters. The molecule has 0 bridgehead atoms. The monoisotopic (exact) mass is 262 g/mol. The predicted octanol–water partition coefficient (Wildman–Crippen LogP) is 1.14. The van der Waals surface area contributed by atoms with Gasteiger partial charge in [0, 0.05) is 31.7 Å². The van der Waals surface area contributed by atoms with Crippen molar-refractivity contribution in [3.63, 3.8) is 0 Å². The van der Waals surface area contributed by atoms with Crippen molar-refractivity contribution < 1.29 is 0 Å². The standard InChI is InChI=1S/C15H26N4/c1-12-4-6-13(7-5-12)15(17-16)10-14-11-18(2)8-9-19(14)3/h4-7,14-15,17H,8-11,16H2,1-3H3. The van der Waals surface area contributed by atoms with E-state index in [9.17, 15) is 0 Å². The Kier molecular flexibility index (Phi) is 4.93. The molecule has 1 heterocycles. The van der Waals surface area contributed by atoms with Gasteiger partial charge in [-0.25, -0.2) is 0 Å². The molecule has 0 amide bonds. The molecule has 0 spiro atoms. The van der Waals surface area contributed by atoms with Gasteiger partial charge in [-0.3, -0.25) is 11.3 Å². The van der Waals surface area contributed by atoms with Crippen LogP contribution in [0.2, 0.25) is 0 Å². The lowest BCUT2D eigenvalue weighted by atomic mass is 9.97. The first-order valence-corrected chi connectivity index (χ1v) is 7.01. The van der Waals surface area contributed by atoms with E-state index in [1.54, 1.807) is 0 Å². The van der Waals surface area contributed by atoms with Gasteiger partial charge in [0.05, 0.1) is 0 Å². The van der Waals surface area contributed by atoms with E-state index in [1.807, 2.05) is 0 Å². The lowest BCUT2D eigenvalue weighted by molar-refractivity contribution is 0.101. The zero-order chi connectivity index (χ0) is 13.8. The Morgan fingerprint density at radius 2 is 1.95 bits per heavy atom. The Hall–Kier alpha value is -0.940. The zero-order valence-corrected chi connectivity index (χ0v) is 12.3.